The van der Waals surface area contributed by atoms with E-state index in [4.69, 9.17) is 0 Å². The molecule has 4 nitrogen and oxygen atoms in total. The van der Waals surface area contributed by atoms with E-state index in [9.17, 15) is 14.7 Å². The second-order valence-corrected chi connectivity index (χ2v) is 3.69. The van der Waals surface area contributed by atoms with Crippen molar-refractivity contribution in [1.82, 2.24) is 5.32 Å². The third-order valence-corrected chi connectivity index (χ3v) is 2.22. The number of Topliss-reactive ketones (excluding diaryl/α,β-unsaturated/α-hetero) is 1. The number of amides is 1. The van der Waals surface area contributed by atoms with Gasteiger partial charge in [-0.05, 0) is 20.3 Å². The molecule has 0 radical (unpaired) electrons. The molecule has 2 N–H and O–H groups in total. The summed E-state index contributed by atoms with van der Waals surface area (Å²) in [4.78, 5) is 22.8. The Labute approximate surface area is 96.7 Å². The highest BCUT2D eigenvalue weighted by atomic mass is 16.3. The monoisotopic (exact) mass is 227 g/mol. The highest BCUT2D eigenvalue weighted by Gasteiger charge is 2.18. The van der Waals surface area contributed by atoms with Gasteiger partial charge in [-0.25, -0.2) is 0 Å². The molecule has 1 amide bonds. The fourth-order valence-corrected chi connectivity index (χ4v) is 1.41. The molecule has 0 fully saturated rings. The molecule has 0 saturated carbocycles. The zero-order valence-electron chi connectivity index (χ0n) is 10.3. The summed E-state index contributed by atoms with van der Waals surface area (Å²) >= 11 is 0. The molecule has 0 aromatic carbocycles. The molecule has 0 atom stereocenters. The molecule has 0 unspecified atom stereocenters. The van der Waals surface area contributed by atoms with Crippen molar-refractivity contribution in [1.29, 1.82) is 0 Å². The van der Waals surface area contributed by atoms with Gasteiger partial charge in [-0.15, -0.1) is 0 Å². The lowest BCUT2D eigenvalue weighted by Gasteiger charge is -2.07. The first kappa shape index (κ1) is 14.7. The van der Waals surface area contributed by atoms with E-state index >= 15 is 0 Å². The molecule has 0 aliphatic rings. The summed E-state index contributed by atoms with van der Waals surface area (Å²) in [6.07, 6.45) is 3.19. The van der Waals surface area contributed by atoms with Crippen LogP contribution in [0.4, 0.5) is 0 Å². The number of allylic oxidation sites excluding steroid dienone is 1. The molecule has 0 bridgehead atoms. The molecule has 0 rings (SSSR count). The van der Waals surface area contributed by atoms with E-state index in [2.05, 4.69) is 12.2 Å². The van der Waals surface area contributed by atoms with Crippen LogP contribution in [-0.4, -0.2) is 23.3 Å². The molecular formula is C12H21NO3. The molecule has 92 valence electrons. The van der Waals surface area contributed by atoms with Gasteiger partial charge in [0.25, 0.3) is 5.91 Å². The van der Waals surface area contributed by atoms with Crippen LogP contribution in [0.5, 0.6) is 0 Å². The second kappa shape index (κ2) is 7.91. The van der Waals surface area contributed by atoms with Crippen molar-refractivity contribution >= 4 is 11.7 Å². The topological polar surface area (TPSA) is 66.4 Å². The zero-order valence-corrected chi connectivity index (χ0v) is 10.3. The number of unbranched alkanes of at least 4 members (excludes halogenated alkanes) is 2. The van der Waals surface area contributed by atoms with E-state index in [0.717, 1.165) is 19.3 Å². The number of carbonyl (C=O) groups excluding carboxylic acids is 2. The predicted octanol–water partition coefficient (Wildman–Crippen LogP) is 2.10. The molecule has 0 aliphatic carbocycles. The molecule has 4 heteroatoms. The van der Waals surface area contributed by atoms with Crippen molar-refractivity contribution < 1.29 is 14.7 Å². The van der Waals surface area contributed by atoms with Crippen molar-refractivity contribution in [2.24, 2.45) is 0 Å². The van der Waals surface area contributed by atoms with Gasteiger partial charge in [-0.1, -0.05) is 19.8 Å². The van der Waals surface area contributed by atoms with Crippen LogP contribution in [0.1, 0.15) is 46.5 Å². The Hall–Kier alpha value is -1.32. The van der Waals surface area contributed by atoms with Gasteiger partial charge in [0.05, 0.1) is 0 Å². The minimum atomic E-state index is -0.482. The van der Waals surface area contributed by atoms with E-state index in [1.807, 2.05) is 0 Å². The fourth-order valence-electron chi connectivity index (χ4n) is 1.41. The average Bonchev–Trinajstić information content (AvgIpc) is 2.18. The fraction of sp³-hybridized carbons (Fsp3) is 0.667. The number of nitrogens with one attached hydrogen (secondary N) is 1. The lowest BCUT2D eigenvalue weighted by molar-refractivity contribution is -0.122. The quantitative estimate of drug-likeness (QED) is 0.230. The Morgan fingerprint density at radius 1 is 1.19 bits per heavy atom. The maximum absolute atomic E-state index is 11.5. The lowest BCUT2D eigenvalue weighted by Crippen LogP contribution is -2.28. The highest BCUT2D eigenvalue weighted by molar-refractivity contribution is 6.18. The van der Waals surface area contributed by atoms with Gasteiger partial charge in [-0.3, -0.25) is 9.59 Å². The summed E-state index contributed by atoms with van der Waals surface area (Å²) in [5, 5.41) is 12.2. The first-order valence-corrected chi connectivity index (χ1v) is 5.75. The number of aliphatic hydroxyl groups is 1. The number of ketones is 1. The van der Waals surface area contributed by atoms with Gasteiger partial charge in [0, 0.05) is 13.0 Å². The SMILES string of the molecule is CCCCCC(O)=C(C(C)=O)C(=O)NCC. The first-order chi connectivity index (χ1) is 7.54. The van der Waals surface area contributed by atoms with Crippen molar-refractivity contribution in [3.8, 4) is 0 Å². The van der Waals surface area contributed by atoms with Crippen molar-refractivity contribution in [3.63, 3.8) is 0 Å². The molecule has 0 saturated heterocycles. The first-order valence-electron chi connectivity index (χ1n) is 5.75. The zero-order chi connectivity index (χ0) is 12.6. The highest BCUT2D eigenvalue weighted by Crippen LogP contribution is 2.12. The van der Waals surface area contributed by atoms with Crippen LogP contribution in [0.2, 0.25) is 0 Å². The molecule has 16 heavy (non-hydrogen) atoms. The Kier molecular flexibility index (Phi) is 7.25. The Morgan fingerprint density at radius 2 is 1.81 bits per heavy atom. The predicted molar refractivity (Wildman–Crippen MR) is 63.2 cm³/mol. The van der Waals surface area contributed by atoms with E-state index in [0.29, 0.717) is 13.0 Å². The Bertz CT molecular complexity index is 282. The van der Waals surface area contributed by atoms with Crippen LogP contribution in [0, 0.1) is 0 Å². The summed E-state index contributed by atoms with van der Waals surface area (Å²) in [5.74, 6) is -0.962. The Morgan fingerprint density at radius 3 is 2.25 bits per heavy atom. The smallest absolute Gasteiger partial charge is 0.258 e. The minimum Gasteiger partial charge on any atom is -0.511 e. The summed E-state index contributed by atoms with van der Waals surface area (Å²) in [5.41, 5.74) is -0.0991. The van der Waals surface area contributed by atoms with Gasteiger partial charge >= 0.3 is 0 Å². The molecule has 0 aromatic rings. The van der Waals surface area contributed by atoms with Crippen LogP contribution >= 0.6 is 0 Å². The molecule has 0 spiro atoms. The summed E-state index contributed by atoms with van der Waals surface area (Å²) in [6.45, 7) is 5.55. The van der Waals surface area contributed by atoms with E-state index in [1.54, 1.807) is 6.92 Å². The number of hydrogen-bond donors (Lipinski definition) is 2. The third-order valence-electron chi connectivity index (χ3n) is 2.22. The molecular weight excluding hydrogens is 206 g/mol. The van der Waals surface area contributed by atoms with E-state index in [-0.39, 0.29) is 17.1 Å². The van der Waals surface area contributed by atoms with Crippen molar-refractivity contribution in [2.45, 2.75) is 46.5 Å². The number of hydrogen-bond acceptors (Lipinski definition) is 3. The van der Waals surface area contributed by atoms with Crippen LogP contribution in [0.25, 0.3) is 0 Å². The van der Waals surface area contributed by atoms with E-state index < -0.39 is 5.91 Å². The lowest BCUT2D eigenvalue weighted by atomic mass is 10.1. The average molecular weight is 227 g/mol. The van der Waals surface area contributed by atoms with Gasteiger partial charge in [0.2, 0.25) is 0 Å². The largest absolute Gasteiger partial charge is 0.511 e. The Balaban J connectivity index is 4.65. The number of likely N-dealkylation sites (N-methyl/N-ethyl adjacent to an activating group) is 1. The normalized spacial score (nSPS) is 11.9. The van der Waals surface area contributed by atoms with Gasteiger partial charge in [0.15, 0.2) is 5.78 Å². The summed E-state index contributed by atoms with van der Waals surface area (Å²) in [6, 6.07) is 0. The van der Waals surface area contributed by atoms with Crippen molar-refractivity contribution in [2.75, 3.05) is 6.54 Å². The van der Waals surface area contributed by atoms with Gasteiger partial charge < -0.3 is 10.4 Å². The molecule has 0 heterocycles. The standard InChI is InChI=1S/C12H21NO3/c1-4-6-7-8-10(15)11(9(3)14)12(16)13-5-2/h15H,4-8H2,1-3H3,(H,13,16). The number of aliphatic hydroxyl groups excluding tert-OH is 1. The number of carbonyl (C=O) groups is 2. The number of rotatable bonds is 7. The summed E-state index contributed by atoms with van der Waals surface area (Å²) in [7, 11) is 0. The van der Waals surface area contributed by atoms with Gasteiger partial charge in [0.1, 0.15) is 11.3 Å². The molecule has 0 aromatic heterocycles. The molecule has 0 aliphatic heterocycles. The third kappa shape index (κ3) is 4.96. The van der Waals surface area contributed by atoms with Gasteiger partial charge in [-0.2, -0.15) is 0 Å². The summed E-state index contributed by atoms with van der Waals surface area (Å²) < 4.78 is 0. The van der Waals surface area contributed by atoms with Crippen molar-refractivity contribution in [3.05, 3.63) is 11.3 Å². The van der Waals surface area contributed by atoms with Crippen LogP contribution < -0.4 is 5.32 Å². The maximum Gasteiger partial charge on any atom is 0.258 e. The van der Waals surface area contributed by atoms with E-state index in [1.165, 1.54) is 6.92 Å². The van der Waals surface area contributed by atoms with Crippen LogP contribution in [0.3, 0.4) is 0 Å². The van der Waals surface area contributed by atoms with Crippen LogP contribution in [0.15, 0.2) is 11.3 Å². The maximum atomic E-state index is 11.5. The second-order valence-electron chi connectivity index (χ2n) is 3.69. The van der Waals surface area contributed by atoms with Crippen LogP contribution in [-0.2, 0) is 9.59 Å². The minimum absolute atomic E-state index is 0.0908.